The number of guanidine groups is 1. The highest BCUT2D eigenvalue weighted by Crippen LogP contribution is 2.25. The fraction of sp³-hybridized carbons (Fsp3) is 0.457. The smallest absolute Gasteiger partial charge is 0.437 e. The number of hydrogen-bond donors (Lipinski definition) is 5. The fourth-order valence-corrected chi connectivity index (χ4v) is 5.24. The van der Waals surface area contributed by atoms with Gasteiger partial charge in [-0.15, -0.1) is 4.99 Å². The van der Waals surface area contributed by atoms with E-state index in [1.54, 1.807) is 53.7 Å². The van der Waals surface area contributed by atoms with Crippen molar-refractivity contribution >= 4 is 70.7 Å². The van der Waals surface area contributed by atoms with Crippen LogP contribution in [0, 0.1) is 0 Å². The van der Waals surface area contributed by atoms with E-state index in [1.165, 1.54) is 30.3 Å². The molecule has 1 atom stereocenters. The summed E-state index contributed by atoms with van der Waals surface area (Å²) in [6.45, 7) is 9.09. The minimum Gasteiger partial charge on any atom is -0.461 e. The molecule has 5 amide bonds. The van der Waals surface area contributed by atoms with Gasteiger partial charge in [-0.05, 0) is 97.6 Å². The molecule has 0 aliphatic heterocycles. The maximum Gasteiger partial charge on any atom is 0.437 e. The zero-order valence-electron chi connectivity index (χ0n) is 29.8. The summed E-state index contributed by atoms with van der Waals surface area (Å²) in [5, 5.41) is 12.8. The van der Waals surface area contributed by atoms with Crippen LogP contribution < -0.4 is 26.6 Å². The highest BCUT2D eigenvalue weighted by Gasteiger charge is 2.29. The molecular weight excluding hydrogens is 719 g/mol. The van der Waals surface area contributed by atoms with Crippen molar-refractivity contribution in [2.24, 2.45) is 4.99 Å². The van der Waals surface area contributed by atoms with Crippen molar-refractivity contribution < 1.29 is 43.0 Å². The van der Waals surface area contributed by atoms with Gasteiger partial charge in [0.1, 0.15) is 23.3 Å². The number of nitrogens with zero attached hydrogens (tertiary/aromatic N) is 1. The summed E-state index contributed by atoms with van der Waals surface area (Å²) >= 11 is 12.3. The van der Waals surface area contributed by atoms with Gasteiger partial charge in [-0.1, -0.05) is 35.3 Å². The lowest BCUT2D eigenvalue weighted by Crippen LogP contribution is -2.51. The van der Waals surface area contributed by atoms with Crippen LogP contribution in [0.1, 0.15) is 87.9 Å². The number of benzene rings is 2. The van der Waals surface area contributed by atoms with Crippen molar-refractivity contribution in [2.45, 2.75) is 90.6 Å². The first-order valence-electron chi connectivity index (χ1n) is 16.5. The molecule has 0 spiro atoms. The second kappa shape index (κ2) is 18.6. The van der Waals surface area contributed by atoms with Gasteiger partial charge in [0.2, 0.25) is 11.9 Å². The topological polar surface area (TPSA) is 203 Å². The molecule has 1 aliphatic rings. The number of carbonyl (C=O) groups is 6. The second-order valence-electron chi connectivity index (χ2n) is 13.7. The molecule has 0 heterocycles. The predicted octanol–water partition coefficient (Wildman–Crippen LogP) is 5.35. The second-order valence-corrected chi connectivity index (χ2v) is 14.5. The number of anilines is 1. The number of alkyl carbamates (subject to hydrolysis) is 1. The van der Waals surface area contributed by atoms with Gasteiger partial charge in [0.15, 0.2) is 0 Å². The van der Waals surface area contributed by atoms with Crippen LogP contribution in [0.25, 0.3) is 0 Å². The normalized spacial score (nSPS) is 14.0. The van der Waals surface area contributed by atoms with E-state index in [1.807, 2.05) is 0 Å². The Balaban J connectivity index is 1.65. The summed E-state index contributed by atoms with van der Waals surface area (Å²) in [5.74, 6) is -3.12. The summed E-state index contributed by atoms with van der Waals surface area (Å²) in [5.41, 5.74) is -1.39. The Hall–Kier alpha value is -4.89. The molecule has 1 unspecified atom stereocenters. The van der Waals surface area contributed by atoms with Crippen LogP contribution in [0.5, 0.6) is 0 Å². The van der Waals surface area contributed by atoms with Gasteiger partial charge in [-0.25, -0.2) is 14.4 Å². The van der Waals surface area contributed by atoms with Gasteiger partial charge in [-0.3, -0.25) is 19.7 Å². The number of carbonyl (C=O) groups excluding carboxylic acids is 6. The molecule has 0 radical (unpaired) electrons. The molecule has 52 heavy (non-hydrogen) atoms. The van der Waals surface area contributed by atoms with E-state index >= 15 is 0 Å². The number of esters is 1. The van der Waals surface area contributed by atoms with Gasteiger partial charge < -0.3 is 35.5 Å². The predicted molar refractivity (Wildman–Crippen MR) is 195 cm³/mol. The summed E-state index contributed by atoms with van der Waals surface area (Å²) in [6.07, 6.45) is 0.998. The highest BCUT2D eigenvalue weighted by molar-refractivity contribution is 6.39. The van der Waals surface area contributed by atoms with Gasteiger partial charge >= 0.3 is 18.2 Å². The highest BCUT2D eigenvalue weighted by atomic mass is 35.5. The Morgan fingerprint density at radius 2 is 1.46 bits per heavy atom. The molecule has 282 valence electrons. The van der Waals surface area contributed by atoms with Crippen molar-refractivity contribution in [2.75, 3.05) is 18.4 Å². The Kier molecular flexibility index (Phi) is 14.8. The standard InChI is InChI=1S/C35H44Cl2N6O9/c1-34(2,3)51-32(48)42-31(43-33(49)52-35(4,5)6)40-21-12-9-11-20(17-21)28(45)39-19-26(44)38-18-25(30(47)50-22-13-7-8-14-22)41-29(46)27-23(36)15-10-16-24(27)37/h9-12,15-17,22,25H,7-8,13-14,18-19H2,1-6H3,(H,38,44)(H,39,45)(H,41,46)(H2,40,42,43,48,49). The van der Waals surface area contributed by atoms with Crippen molar-refractivity contribution in [3.05, 3.63) is 63.6 Å². The number of aliphatic imine (C=N–C) groups is 1. The zero-order chi connectivity index (χ0) is 38.6. The van der Waals surface area contributed by atoms with Crippen LogP contribution >= 0.6 is 23.2 Å². The maximum atomic E-state index is 13.1. The number of nitrogens with one attached hydrogen (secondary N) is 5. The van der Waals surface area contributed by atoms with Crippen LogP contribution in [-0.2, 0) is 23.8 Å². The number of halogens is 2. The van der Waals surface area contributed by atoms with E-state index in [2.05, 4.69) is 31.6 Å². The molecule has 0 saturated heterocycles. The zero-order valence-corrected chi connectivity index (χ0v) is 31.3. The molecule has 15 nitrogen and oxygen atoms in total. The molecule has 2 aromatic carbocycles. The van der Waals surface area contributed by atoms with E-state index < -0.39 is 59.7 Å². The molecule has 17 heteroatoms. The molecule has 0 aromatic heterocycles. The first-order chi connectivity index (χ1) is 24.3. The van der Waals surface area contributed by atoms with E-state index in [0.29, 0.717) is 12.8 Å². The van der Waals surface area contributed by atoms with E-state index in [9.17, 15) is 28.8 Å². The third kappa shape index (κ3) is 14.4. The number of rotatable bonds is 10. The summed E-state index contributed by atoms with van der Waals surface area (Å²) in [4.78, 5) is 80.5. The molecule has 1 saturated carbocycles. The minimum absolute atomic E-state index is 0.0383. The van der Waals surface area contributed by atoms with Crippen LogP contribution in [0.4, 0.5) is 15.3 Å². The average Bonchev–Trinajstić information content (AvgIpc) is 3.53. The van der Waals surface area contributed by atoms with E-state index in [0.717, 1.165) is 12.8 Å². The average molecular weight is 764 g/mol. The SMILES string of the molecule is CC(C)(C)OC(=O)N=C(NC(=O)OC(C)(C)C)Nc1cccc(C(=O)NCC(=O)NCC(NC(=O)c2c(Cl)cccc2Cl)C(=O)OC2CCCC2)c1. The molecule has 1 aliphatic carbocycles. The quantitative estimate of drug-likeness (QED) is 0.0909. The first kappa shape index (κ1) is 41.5. The molecule has 0 bridgehead atoms. The Morgan fingerprint density at radius 3 is 2.08 bits per heavy atom. The van der Waals surface area contributed by atoms with Crippen molar-refractivity contribution in [3.8, 4) is 0 Å². The van der Waals surface area contributed by atoms with Crippen LogP contribution in [0.15, 0.2) is 47.5 Å². The molecule has 3 rings (SSSR count). The van der Waals surface area contributed by atoms with Gasteiger partial charge in [0.25, 0.3) is 11.8 Å². The monoisotopic (exact) mass is 762 g/mol. The van der Waals surface area contributed by atoms with Gasteiger partial charge in [-0.2, -0.15) is 0 Å². The molecule has 1 fully saturated rings. The lowest BCUT2D eigenvalue weighted by molar-refractivity contribution is -0.151. The van der Waals surface area contributed by atoms with Gasteiger partial charge in [0.05, 0.1) is 22.2 Å². The van der Waals surface area contributed by atoms with Crippen molar-refractivity contribution in [1.82, 2.24) is 21.3 Å². The van der Waals surface area contributed by atoms with Crippen LogP contribution in [0.2, 0.25) is 10.0 Å². The Morgan fingerprint density at radius 1 is 0.846 bits per heavy atom. The molecular formula is C35H44Cl2N6O9. The van der Waals surface area contributed by atoms with E-state index in [4.69, 9.17) is 37.4 Å². The minimum atomic E-state index is -1.28. The number of hydrogen-bond acceptors (Lipinski definition) is 9. The van der Waals surface area contributed by atoms with Crippen molar-refractivity contribution in [1.29, 1.82) is 0 Å². The fourth-order valence-electron chi connectivity index (χ4n) is 4.67. The molecule has 5 N–H and O–H groups in total. The lowest BCUT2D eigenvalue weighted by atomic mass is 10.2. The summed E-state index contributed by atoms with van der Waals surface area (Å²) in [7, 11) is 0. The first-order valence-corrected chi connectivity index (χ1v) is 17.2. The van der Waals surface area contributed by atoms with Crippen LogP contribution in [-0.4, -0.2) is 78.3 Å². The van der Waals surface area contributed by atoms with Gasteiger partial charge in [0, 0.05) is 17.8 Å². The van der Waals surface area contributed by atoms with E-state index in [-0.39, 0.29) is 45.5 Å². The van der Waals surface area contributed by atoms with Crippen LogP contribution in [0.3, 0.4) is 0 Å². The maximum absolute atomic E-state index is 13.1. The lowest BCUT2D eigenvalue weighted by Gasteiger charge is -2.21. The largest absolute Gasteiger partial charge is 0.461 e. The third-order valence-corrected chi connectivity index (χ3v) is 7.51. The number of amides is 5. The Bertz CT molecular complexity index is 1660. The third-order valence-electron chi connectivity index (χ3n) is 6.88. The van der Waals surface area contributed by atoms with Crippen molar-refractivity contribution in [3.63, 3.8) is 0 Å². The summed E-state index contributed by atoms with van der Waals surface area (Å²) in [6, 6.07) is 9.15. The summed E-state index contributed by atoms with van der Waals surface area (Å²) < 4.78 is 16.0. The Labute approximate surface area is 311 Å². The number of ether oxygens (including phenoxy) is 3. The molecule has 2 aromatic rings.